The summed E-state index contributed by atoms with van der Waals surface area (Å²) in [6.45, 7) is 5.35. The van der Waals surface area contributed by atoms with E-state index in [1.807, 2.05) is 7.05 Å². The molecule has 2 heterocycles. The van der Waals surface area contributed by atoms with E-state index in [1.165, 1.54) is 50.3 Å². The Morgan fingerprint density at radius 1 is 0.714 bits per heavy atom. The van der Waals surface area contributed by atoms with Crippen molar-refractivity contribution in [2.45, 2.75) is 36.9 Å². The minimum Gasteiger partial charge on any atom is -0.388 e. The lowest BCUT2D eigenvalue weighted by atomic mass is 9.87. The van der Waals surface area contributed by atoms with Gasteiger partial charge in [0.25, 0.3) is 0 Å². The van der Waals surface area contributed by atoms with Crippen molar-refractivity contribution >= 4 is 28.3 Å². The standard InChI is InChI=1S/C59H52N4/c1-42-18-14-15-37-62(50-26-16-23-48(38-50)51-28-17-29-53-52-27-12-13-30-58(52)63(59(51)53)49-24-10-5-11-25-49)57-36-35-47(39-54(42)57)44-31-33-46(34-32-44)55(60-2)40-56(45-21-8-4-9-22-45)61-41-43-19-6-3-7-20-43/h3-31,33-40,44,52,56,58,60-61H,1,32,41H2,2H3/b18-14-,37-15-,55-40-. The topological polar surface area (TPSA) is 30.5 Å². The number of rotatable bonds is 11. The molecule has 4 atom stereocenters. The molecule has 0 bridgehead atoms. The van der Waals surface area contributed by atoms with Gasteiger partial charge in [-0.15, -0.1) is 0 Å². The van der Waals surface area contributed by atoms with E-state index in [4.69, 9.17) is 0 Å². The summed E-state index contributed by atoms with van der Waals surface area (Å²) in [5, 5.41) is 7.31. The molecule has 4 heteroatoms. The summed E-state index contributed by atoms with van der Waals surface area (Å²) >= 11 is 0. The molecule has 4 aliphatic rings. The van der Waals surface area contributed by atoms with E-state index in [-0.39, 0.29) is 18.0 Å². The van der Waals surface area contributed by atoms with Gasteiger partial charge >= 0.3 is 0 Å². The molecule has 0 radical (unpaired) electrons. The first kappa shape index (κ1) is 39.7. The minimum atomic E-state index is 0.0444. The SMILES string of the molecule is C=C1/C=C\C=C/N(c2cccc(-c3cccc4c3N(c3ccccc3)C3C=CC=CC43)c2)c2ccc(C3C=CC(/C(=C/C(NCc4ccccc4)c4ccccc4)NC)=CC3)cc21. The van der Waals surface area contributed by atoms with E-state index in [0.717, 1.165) is 41.2 Å². The first-order valence-corrected chi connectivity index (χ1v) is 22.1. The number of allylic oxidation sites excluding steroid dienone is 9. The van der Waals surface area contributed by atoms with Gasteiger partial charge < -0.3 is 20.4 Å². The van der Waals surface area contributed by atoms with Crippen LogP contribution in [-0.2, 0) is 6.54 Å². The Labute approximate surface area is 372 Å². The fraction of sp³-hybridized carbons (Fsp3) is 0.119. The van der Waals surface area contributed by atoms with Gasteiger partial charge in [0.15, 0.2) is 0 Å². The van der Waals surface area contributed by atoms with Crippen LogP contribution in [0.2, 0.25) is 0 Å². The number of hydrogen-bond donors (Lipinski definition) is 2. The molecular weight excluding hydrogens is 765 g/mol. The summed E-state index contributed by atoms with van der Waals surface area (Å²) in [5.74, 6) is 0.542. The van der Waals surface area contributed by atoms with Gasteiger partial charge in [-0.2, -0.15) is 0 Å². The number of fused-ring (bicyclic) bond motifs is 4. The largest absolute Gasteiger partial charge is 0.388 e. The number of likely N-dealkylation sites (N-methyl/N-ethyl adjacent to an activating group) is 1. The number of nitrogens with one attached hydrogen (secondary N) is 2. The second-order valence-corrected chi connectivity index (χ2v) is 16.6. The van der Waals surface area contributed by atoms with Gasteiger partial charge in [-0.05, 0) is 93.9 Å². The van der Waals surface area contributed by atoms with Crippen molar-refractivity contribution in [2.24, 2.45) is 0 Å². The molecule has 0 saturated carbocycles. The quantitative estimate of drug-likeness (QED) is 0.136. The zero-order valence-corrected chi connectivity index (χ0v) is 35.7. The molecule has 2 N–H and O–H groups in total. The Morgan fingerprint density at radius 3 is 2.27 bits per heavy atom. The summed E-state index contributed by atoms with van der Waals surface area (Å²) in [5.41, 5.74) is 16.7. The second-order valence-electron chi connectivity index (χ2n) is 16.6. The lowest BCUT2D eigenvalue weighted by Crippen LogP contribution is -2.28. The normalized spacial score (nSPS) is 20.2. The Kier molecular flexibility index (Phi) is 11.3. The minimum absolute atomic E-state index is 0.0444. The van der Waals surface area contributed by atoms with Crippen molar-refractivity contribution in [2.75, 3.05) is 16.8 Å². The average Bonchev–Trinajstić information content (AvgIpc) is 3.69. The van der Waals surface area contributed by atoms with E-state index in [9.17, 15) is 0 Å². The first-order valence-electron chi connectivity index (χ1n) is 22.1. The van der Waals surface area contributed by atoms with E-state index >= 15 is 0 Å². The highest BCUT2D eigenvalue weighted by Gasteiger charge is 2.39. The summed E-state index contributed by atoms with van der Waals surface area (Å²) in [4.78, 5) is 4.84. The molecule has 2 aliphatic carbocycles. The summed E-state index contributed by atoms with van der Waals surface area (Å²) in [6, 6.07) is 55.1. The van der Waals surface area contributed by atoms with Crippen LogP contribution in [-0.4, -0.2) is 13.1 Å². The van der Waals surface area contributed by atoms with E-state index < -0.39 is 0 Å². The molecule has 6 aromatic carbocycles. The third-order valence-corrected chi connectivity index (χ3v) is 12.8. The highest BCUT2D eigenvalue weighted by molar-refractivity contribution is 5.91. The van der Waals surface area contributed by atoms with Gasteiger partial charge in [0.2, 0.25) is 0 Å². The third kappa shape index (κ3) is 8.10. The predicted octanol–water partition coefficient (Wildman–Crippen LogP) is 13.9. The molecule has 63 heavy (non-hydrogen) atoms. The van der Waals surface area contributed by atoms with Crippen LogP contribution >= 0.6 is 0 Å². The van der Waals surface area contributed by atoms with Crippen LogP contribution < -0.4 is 20.4 Å². The van der Waals surface area contributed by atoms with Crippen molar-refractivity contribution < 1.29 is 0 Å². The Hall–Kier alpha value is -7.40. The highest BCUT2D eigenvalue weighted by atomic mass is 15.2. The maximum Gasteiger partial charge on any atom is 0.0629 e. The number of para-hydroxylation sites is 2. The average molecular weight is 817 g/mol. The molecule has 0 saturated heterocycles. The smallest absolute Gasteiger partial charge is 0.0629 e. The maximum atomic E-state index is 4.57. The molecule has 0 aromatic heterocycles. The number of benzene rings is 6. The summed E-state index contributed by atoms with van der Waals surface area (Å²) < 4.78 is 0. The number of anilines is 4. The summed E-state index contributed by atoms with van der Waals surface area (Å²) in [6.07, 6.45) is 27.8. The van der Waals surface area contributed by atoms with Crippen LogP contribution in [0.3, 0.4) is 0 Å². The Bertz CT molecular complexity index is 2840. The zero-order chi connectivity index (χ0) is 42.5. The number of nitrogens with zero attached hydrogens (tertiary/aromatic N) is 2. The first-order chi connectivity index (χ1) is 31.1. The van der Waals surface area contributed by atoms with Crippen LogP contribution in [0.4, 0.5) is 22.7 Å². The lowest BCUT2D eigenvalue weighted by Gasteiger charge is -2.30. The van der Waals surface area contributed by atoms with Crippen LogP contribution in [0.5, 0.6) is 0 Å². The van der Waals surface area contributed by atoms with Crippen LogP contribution in [0, 0.1) is 0 Å². The molecule has 2 aliphatic heterocycles. The van der Waals surface area contributed by atoms with Crippen molar-refractivity contribution in [3.63, 3.8) is 0 Å². The fourth-order valence-corrected chi connectivity index (χ4v) is 9.59. The Balaban J connectivity index is 0.931. The molecular formula is C59H52N4. The molecule has 4 nitrogen and oxygen atoms in total. The zero-order valence-electron chi connectivity index (χ0n) is 35.7. The summed E-state index contributed by atoms with van der Waals surface area (Å²) in [7, 11) is 2.02. The molecule has 10 rings (SSSR count). The second kappa shape index (κ2) is 17.9. The van der Waals surface area contributed by atoms with Crippen molar-refractivity contribution in [1.82, 2.24) is 10.6 Å². The highest BCUT2D eigenvalue weighted by Crippen LogP contribution is 2.52. The van der Waals surface area contributed by atoms with Crippen molar-refractivity contribution in [1.29, 1.82) is 0 Å². The van der Waals surface area contributed by atoms with Crippen molar-refractivity contribution in [3.05, 3.63) is 270 Å². The van der Waals surface area contributed by atoms with Crippen LogP contribution in [0.15, 0.2) is 243 Å². The van der Waals surface area contributed by atoms with Gasteiger partial charge in [0.05, 0.1) is 23.5 Å². The molecule has 0 amide bonds. The Morgan fingerprint density at radius 2 is 1.48 bits per heavy atom. The number of hydrogen-bond acceptors (Lipinski definition) is 4. The van der Waals surface area contributed by atoms with Crippen LogP contribution in [0.25, 0.3) is 16.7 Å². The molecule has 4 unspecified atom stereocenters. The van der Waals surface area contributed by atoms with Gasteiger partial charge in [-0.25, -0.2) is 0 Å². The van der Waals surface area contributed by atoms with E-state index in [1.54, 1.807) is 0 Å². The van der Waals surface area contributed by atoms with Gasteiger partial charge in [0.1, 0.15) is 0 Å². The lowest BCUT2D eigenvalue weighted by molar-refractivity contribution is 0.616. The maximum absolute atomic E-state index is 4.57. The van der Waals surface area contributed by atoms with Crippen molar-refractivity contribution in [3.8, 4) is 11.1 Å². The molecule has 6 aromatic rings. The predicted molar refractivity (Wildman–Crippen MR) is 265 cm³/mol. The molecule has 0 spiro atoms. The van der Waals surface area contributed by atoms with Gasteiger partial charge in [-0.1, -0.05) is 177 Å². The van der Waals surface area contributed by atoms with Crippen LogP contribution in [0.1, 0.15) is 52.1 Å². The van der Waals surface area contributed by atoms with Gasteiger partial charge in [-0.3, -0.25) is 0 Å². The van der Waals surface area contributed by atoms with E-state index in [0.29, 0.717) is 5.92 Å². The third-order valence-electron chi connectivity index (χ3n) is 12.8. The monoisotopic (exact) mass is 816 g/mol. The van der Waals surface area contributed by atoms with E-state index in [2.05, 4.69) is 252 Å². The van der Waals surface area contributed by atoms with Gasteiger partial charge in [0, 0.05) is 59.8 Å². The molecule has 0 fully saturated rings. The molecule has 308 valence electrons. The fourth-order valence-electron chi connectivity index (χ4n) is 9.59.